The molecule has 0 aliphatic carbocycles. The number of hydrogen-bond acceptors (Lipinski definition) is 6. The van der Waals surface area contributed by atoms with Crippen LogP contribution in [0.15, 0.2) is 22.9 Å². The van der Waals surface area contributed by atoms with E-state index in [0.29, 0.717) is 24.5 Å². The van der Waals surface area contributed by atoms with Gasteiger partial charge in [0.15, 0.2) is 12.3 Å². The Bertz CT molecular complexity index is 1070. The second-order valence-electron chi connectivity index (χ2n) is 7.64. The zero-order valence-electron chi connectivity index (χ0n) is 17.3. The fourth-order valence-corrected chi connectivity index (χ4v) is 4.44. The van der Waals surface area contributed by atoms with Gasteiger partial charge in [-0.2, -0.15) is 11.3 Å². The number of piperidine rings is 1. The first kappa shape index (κ1) is 20.3. The first-order chi connectivity index (χ1) is 14.4. The van der Waals surface area contributed by atoms with Gasteiger partial charge in [0.1, 0.15) is 0 Å². The van der Waals surface area contributed by atoms with E-state index in [1.54, 1.807) is 9.58 Å². The lowest BCUT2D eigenvalue weighted by Crippen LogP contribution is -2.47. The number of carbonyl (C=O) groups is 2. The number of nitrogens with zero attached hydrogens (tertiary/aromatic N) is 4. The number of amides is 2. The zero-order valence-corrected chi connectivity index (χ0v) is 18.2. The number of carbonyl (C=O) groups excluding carboxylic acids is 2. The van der Waals surface area contributed by atoms with Crippen molar-refractivity contribution in [1.29, 1.82) is 0 Å². The van der Waals surface area contributed by atoms with Crippen LogP contribution in [0.1, 0.15) is 34.5 Å². The normalized spacial score (nSPS) is 14.8. The van der Waals surface area contributed by atoms with Crippen molar-refractivity contribution >= 4 is 34.2 Å². The molecule has 1 aliphatic heterocycles. The second-order valence-corrected chi connectivity index (χ2v) is 8.42. The van der Waals surface area contributed by atoms with Crippen molar-refractivity contribution in [3.8, 4) is 5.88 Å². The largest absolute Gasteiger partial charge is 0.466 e. The van der Waals surface area contributed by atoms with Crippen LogP contribution in [0.4, 0.5) is 0 Å². The number of fused-ring (bicyclic) bond motifs is 1. The van der Waals surface area contributed by atoms with Crippen molar-refractivity contribution in [2.24, 2.45) is 7.05 Å². The van der Waals surface area contributed by atoms with Crippen LogP contribution in [-0.4, -0.2) is 57.2 Å². The molecule has 1 saturated heterocycles. The van der Waals surface area contributed by atoms with Crippen LogP contribution in [0.3, 0.4) is 0 Å². The van der Waals surface area contributed by atoms with E-state index < -0.39 is 0 Å². The Morgan fingerprint density at radius 1 is 1.30 bits per heavy atom. The Kier molecular flexibility index (Phi) is 5.72. The van der Waals surface area contributed by atoms with Gasteiger partial charge in [-0.3, -0.25) is 9.59 Å². The van der Waals surface area contributed by atoms with E-state index in [4.69, 9.17) is 4.74 Å². The maximum Gasteiger partial charge on any atom is 0.260 e. The smallest absolute Gasteiger partial charge is 0.260 e. The van der Waals surface area contributed by atoms with Gasteiger partial charge in [-0.1, -0.05) is 0 Å². The van der Waals surface area contributed by atoms with E-state index in [1.807, 2.05) is 43.8 Å². The summed E-state index contributed by atoms with van der Waals surface area (Å²) in [5, 5.41) is 12.0. The summed E-state index contributed by atoms with van der Waals surface area (Å²) >= 11 is 1.50. The third kappa shape index (κ3) is 4.16. The standard InChI is InChI=1S/C21H25N5O3S/c1-13-10-14(2)22-19-18(13)21(24-25(19)3)29-11-17(27)26-7-4-16(5-8-26)23-20(28)15-6-9-30-12-15/h6,9-10,12,16H,4-5,7-8,11H2,1-3H3,(H,23,28). The van der Waals surface area contributed by atoms with Crippen molar-refractivity contribution in [3.63, 3.8) is 0 Å². The van der Waals surface area contributed by atoms with Crippen LogP contribution >= 0.6 is 11.3 Å². The summed E-state index contributed by atoms with van der Waals surface area (Å²) in [7, 11) is 1.82. The van der Waals surface area contributed by atoms with Crippen LogP contribution in [0.5, 0.6) is 5.88 Å². The molecule has 0 bridgehead atoms. The molecule has 0 spiro atoms. The van der Waals surface area contributed by atoms with Crippen molar-refractivity contribution in [2.75, 3.05) is 19.7 Å². The lowest BCUT2D eigenvalue weighted by Gasteiger charge is -2.32. The molecule has 0 atom stereocenters. The maximum atomic E-state index is 12.6. The Hall–Kier alpha value is -2.94. The van der Waals surface area contributed by atoms with Crippen LogP contribution in [0.25, 0.3) is 11.0 Å². The highest BCUT2D eigenvalue weighted by Gasteiger charge is 2.25. The maximum absolute atomic E-state index is 12.6. The minimum absolute atomic E-state index is 0.0504. The van der Waals surface area contributed by atoms with Crippen LogP contribution < -0.4 is 10.1 Å². The van der Waals surface area contributed by atoms with Crippen LogP contribution in [0, 0.1) is 13.8 Å². The number of thiophene rings is 1. The summed E-state index contributed by atoms with van der Waals surface area (Å²) in [5.74, 6) is 0.309. The molecule has 3 aromatic rings. The van der Waals surface area contributed by atoms with Crippen molar-refractivity contribution in [3.05, 3.63) is 39.7 Å². The van der Waals surface area contributed by atoms with Gasteiger partial charge >= 0.3 is 0 Å². The molecule has 0 unspecified atom stereocenters. The summed E-state index contributed by atoms with van der Waals surface area (Å²) in [4.78, 5) is 31.1. The minimum atomic E-state index is -0.0749. The average molecular weight is 428 g/mol. The highest BCUT2D eigenvalue weighted by Crippen LogP contribution is 2.27. The molecule has 1 aliphatic rings. The molecule has 0 saturated carbocycles. The Morgan fingerprint density at radius 2 is 2.07 bits per heavy atom. The Morgan fingerprint density at radius 3 is 2.77 bits per heavy atom. The average Bonchev–Trinajstić information content (AvgIpc) is 3.35. The summed E-state index contributed by atoms with van der Waals surface area (Å²) in [6, 6.07) is 3.88. The quantitative estimate of drug-likeness (QED) is 0.676. The number of aromatic nitrogens is 3. The number of ether oxygens (including phenoxy) is 1. The van der Waals surface area contributed by atoms with E-state index in [1.165, 1.54) is 11.3 Å². The molecule has 3 aromatic heterocycles. The van der Waals surface area contributed by atoms with Crippen molar-refractivity contribution < 1.29 is 14.3 Å². The number of rotatable bonds is 5. The third-order valence-electron chi connectivity index (χ3n) is 5.39. The molecule has 9 heteroatoms. The fraction of sp³-hybridized carbons (Fsp3) is 0.429. The molecule has 30 heavy (non-hydrogen) atoms. The van der Waals surface area contributed by atoms with E-state index in [9.17, 15) is 9.59 Å². The van der Waals surface area contributed by atoms with Gasteiger partial charge in [0.25, 0.3) is 11.8 Å². The summed E-state index contributed by atoms with van der Waals surface area (Å²) in [6.45, 7) is 5.06. The molecule has 8 nitrogen and oxygen atoms in total. The first-order valence-electron chi connectivity index (χ1n) is 9.97. The SMILES string of the molecule is Cc1cc(C)c2c(OCC(=O)N3CCC(NC(=O)c4ccsc4)CC3)nn(C)c2n1. The topological polar surface area (TPSA) is 89.4 Å². The predicted octanol–water partition coefficient (Wildman–Crippen LogP) is 2.45. The van der Waals surface area contributed by atoms with Gasteiger partial charge < -0.3 is 15.0 Å². The molecule has 4 rings (SSSR count). The molecule has 4 heterocycles. The molecular formula is C21H25N5O3S. The number of aryl methyl sites for hydroxylation is 3. The molecule has 2 amide bonds. The van der Waals surface area contributed by atoms with Gasteiger partial charge in [-0.15, -0.1) is 5.10 Å². The van der Waals surface area contributed by atoms with Gasteiger partial charge in [0.05, 0.1) is 5.39 Å². The van der Waals surface area contributed by atoms with Gasteiger partial charge in [0.2, 0.25) is 5.88 Å². The van der Waals surface area contributed by atoms with E-state index in [0.717, 1.165) is 35.1 Å². The lowest BCUT2D eigenvalue weighted by atomic mass is 10.0. The summed E-state index contributed by atoms with van der Waals surface area (Å²) in [5.41, 5.74) is 3.38. The monoisotopic (exact) mass is 427 g/mol. The van der Waals surface area contributed by atoms with Gasteiger partial charge in [0, 0.05) is 42.8 Å². The van der Waals surface area contributed by atoms with Crippen molar-refractivity contribution in [1.82, 2.24) is 25.0 Å². The third-order valence-corrected chi connectivity index (χ3v) is 6.07. The van der Waals surface area contributed by atoms with Crippen molar-refractivity contribution in [2.45, 2.75) is 32.7 Å². The van der Waals surface area contributed by atoms with E-state index in [-0.39, 0.29) is 24.5 Å². The highest BCUT2D eigenvalue weighted by atomic mass is 32.1. The molecule has 1 fully saturated rings. The number of pyridine rings is 1. The first-order valence-corrected chi connectivity index (χ1v) is 10.9. The van der Waals surface area contributed by atoms with Gasteiger partial charge in [-0.25, -0.2) is 9.67 Å². The fourth-order valence-electron chi connectivity index (χ4n) is 3.81. The molecule has 158 valence electrons. The van der Waals surface area contributed by atoms with Crippen LogP contribution in [0.2, 0.25) is 0 Å². The summed E-state index contributed by atoms with van der Waals surface area (Å²) in [6.07, 6.45) is 1.47. The van der Waals surface area contributed by atoms with E-state index in [2.05, 4.69) is 15.4 Å². The Labute approximate surface area is 178 Å². The molecular weight excluding hydrogens is 402 g/mol. The molecule has 1 N–H and O–H groups in total. The Balaban J connectivity index is 1.32. The molecule has 0 aromatic carbocycles. The number of hydrogen-bond donors (Lipinski definition) is 1. The summed E-state index contributed by atoms with van der Waals surface area (Å²) < 4.78 is 7.46. The van der Waals surface area contributed by atoms with E-state index >= 15 is 0 Å². The zero-order chi connectivity index (χ0) is 21.3. The second kappa shape index (κ2) is 8.43. The van der Waals surface area contributed by atoms with Crippen LogP contribution in [-0.2, 0) is 11.8 Å². The predicted molar refractivity (Wildman–Crippen MR) is 115 cm³/mol. The number of nitrogens with one attached hydrogen (secondary N) is 1. The highest BCUT2D eigenvalue weighted by molar-refractivity contribution is 7.08. The lowest BCUT2D eigenvalue weighted by molar-refractivity contribution is -0.134. The number of likely N-dealkylation sites (tertiary alicyclic amines) is 1. The minimum Gasteiger partial charge on any atom is -0.466 e. The van der Waals surface area contributed by atoms with Gasteiger partial charge in [-0.05, 0) is 49.8 Å². The molecule has 0 radical (unpaired) electrons.